The highest BCUT2D eigenvalue weighted by Crippen LogP contribution is 2.13. The largest absolute Gasteiger partial charge is 0.508 e. The van der Waals surface area contributed by atoms with E-state index < -0.39 is 23.6 Å². The Morgan fingerprint density at radius 1 is 1.00 bits per heavy atom. The number of nitrogens with two attached hydrogens (primary N) is 1. The molecule has 0 aliphatic rings. The van der Waals surface area contributed by atoms with Crippen molar-refractivity contribution in [3.63, 3.8) is 0 Å². The van der Waals surface area contributed by atoms with Crippen LogP contribution in [0, 0.1) is 0 Å². The van der Waals surface area contributed by atoms with Crippen LogP contribution in [-0.4, -0.2) is 28.7 Å². The normalized spacial score (nSPS) is 12.1. The van der Waals surface area contributed by atoms with Crippen molar-refractivity contribution in [1.29, 1.82) is 0 Å². The topological polar surface area (TPSA) is 123 Å². The SMILES string of the molecule is CC(C)(C)OC(=O)N[C@H](Cc1ccc(O)cc1)C(=O)NOCc1ccc(CN)cc1. The van der Waals surface area contributed by atoms with Gasteiger partial charge in [-0.1, -0.05) is 36.4 Å². The molecule has 5 N–H and O–H groups in total. The summed E-state index contributed by atoms with van der Waals surface area (Å²) in [6.07, 6.45) is -0.515. The van der Waals surface area contributed by atoms with Crippen molar-refractivity contribution in [2.75, 3.05) is 0 Å². The molecule has 0 fully saturated rings. The Hall–Kier alpha value is -3.10. The number of phenolic OH excluding ortho intramolecular Hbond substituents is 1. The van der Waals surface area contributed by atoms with Crippen molar-refractivity contribution in [3.05, 3.63) is 65.2 Å². The van der Waals surface area contributed by atoms with Gasteiger partial charge in [-0.25, -0.2) is 10.3 Å². The molecule has 0 spiro atoms. The van der Waals surface area contributed by atoms with Crippen molar-refractivity contribution in [3.8, 4) is 5.75 Å². The van der Waals surface area contributed by atoms with E-state index >= 15 is 0 Å². The molecule has 0 saturated heterocycles. The number of nitrogens with one attached hydrogen (secondary N) is 2. The Morgan fingerprint density at radius 3 is 2.13 bits per heavy atom. The predicted molar refractivity (Wildman–Crippen MR) is 112 cm³/mol. The third-order valence-corrected chi connectivity index (χ3v) is 4.05. The average molecular weight is 415 g/mol. The fraction of sp³-hybridized carbons (Fsp3) is 0.364. The first-order valence-corrected chi connectivity index (χ1v) is 9.63. The quantitative estimate of drug-likeness (QED) is 0.492. The zero-order valence-electron chi connectivity index (χ0n) is 17.5. The van der Waals surface area contributed by atoms with Crippen LogP contribution in [0.15, 0.2) is 48.5 Å². The number of phenols is 1. The number of hydroxylamine groups is 1. The van der Waals surface area contributed by atoms with Gasteiger partial charge in [0.05, 0.1) is 6.61 Å². The second kappa shape index (κ2) is 10.6. The van der Waals surface area contributed by atoms with Crippen LogP contribution in [0.3, 0.4) is 0 Å². The number of alkyl carbamates (subject to hydrolysis) is 1. The lowest BCUT2D eigenvalue weighted by Crippen LogP contribution is -2.49. The van der Waals surface area contributed by atoms with Gasteiger partial charge in [0.25, 0.3) is 5.91 Å². The van der Waals surface area contributed by atoms with Gasteiger partial charge < -0.3 is 20.9 Å². The molecule has 0 aliphatic heterocycles. The van der Waals surface area contributed by atoms with Gasteiger partial charge in [0.1, 0.15) is 17.4 Å². The minimum absolute atomic E-state index is 0.115. The Labute approximate surface area is 176 Å². The van der Waals surface area contributed by atoms with Gasteiger partial charge in [0, 0.05) is 13.0 Å². The molecule has 2 aromatic carbocycles. The standard InChI is InChI=1S/C22H29N3O5/c1-22(2,3)30-21(28)24-19(12-15-8-10-18(26)11-9-15)20(27)25-29-14-17-6-4-16(13-23)5-7-17/h4-11,19,26H,12-14,23H2,1-3H3,(H,24,28)(H,25,27)/t19-/m1/s1. The lowest BCUT2D eigenvalue weighted by atomic mass is 10.1. The molecule has 2 amide bonds. The van der Waals surface area contributed by atoms with Crippen LogP contribution in [0.25, 0.3) is 0 Å². The number of carbonyl (C=O) groups is 2. The second-order valence-corrected chi connectivity index (χ2v) is 7.84. The van der Waals surface area contributed by atoms with Crippen molar-refractivity contribution in [1.82, 2.24) is 10.8 Å². The molecule has 0 saturated carbocycles. The van der Waals surface area contributed by atoms with Crippen LogP contribution in [0.2, 0.25) is 0 Å². The Bertz CT molecular complexity index is 829. The van der Waals surface area contributed by atoms with E-state index in [1.54, 1.807) is 32.9 Å². The summed E-state index contributed by atoms with van der Waals surface area (Å²) in [7, 11) is 0. The highest BCUT2D eigenvalue weighted by atomic mass is 16.7. The highest BCUT2D eigenvalue weighted by molar-refractivity contribution is 5.85. The summed E-state index contributed by atoms with van der Waals surface area (Å²) in [5.74, 6) is -0.406. The molecule has 0 aliphatic carbocycles. The van der Waals surface area contributed by atoms with Gasteiger partial charge in [-0.15, -0.1) is 0 Å². The van der Waals surface area contributed by atoms with E-state index in [4.69, 9.17) is 15.3 Å². The third-order valence-electron chi connectivity index (χ3n) is 4.05. The maximum Gasteiger partial charge on any atom is 0.408 e. The number of ether oxygens (including phenoxy) is 1. The fourth-order valence-corrected chi connectivity index (χ4v) is 2.56. The van der Waals surface area contributed by atoms with Crippen LogP contribution < -0.4 is 16.5 Å². The summed E-state index contributed by atoms with van der Waals surface area (Å²) in [5.41, 5.74) is 9.87. The average Bonchev–Trinajstić information content (AvgIpc) is 2.68. The number of amides is 2. The van der Waals surface area contributed by atoms with E-state index in [0.29, 0.717) is 6.54 Å². The molecule has 2 aromatic rings. The van der Waals surface area contributed by atoms with Gasteiger partial charge in [-0.2, -0.15) is 0 Å². The zero-order valence-corrected chi connectivity index (χ0v) is 17.5. The van der Waals surface area contributed by atoms with E-state index in [2.05, 4.69) is 10.8 Å². The van der Waals surface area contributed by atoms with E-state index in [0.717, 1.165) is 16.7 Å². The summed E-state index contributed by atoms with van der Waals surface area (Å²) in [6, 6.07) is 12.9. The molecule has 0 heterocycles. The number of hydrogen-bond acceptors (Lipinski definition) is 6. The Kier molecular flexibility index (Phi) is 8.20. The molecule has 0 bridgehead atoms. The van der Waals surface area contributed by atoms with Crippen molar-refractivity contribution >= 4 is 12.0 Å². The lowest BCUT2D eigenvalue weighted by Gasteiger charge is -2.23. The number of rotatable bonds is 8. The lowest BCUT2D eigenvalue weighted by molar-refractivity contribution is -0.136. The second-order valence-electron chi connectivity index (χ2n) is 7.84. The number of carbonyl (C=O) groups excluding carboxylic acids is 2. The van der Waals surface area contributed by atoms with Gasteiger partial charge in [-0.05, 0) is 49.6 Å². The van der Waals surface area contributed by atoms with Crippen LogP contribution in [0.1, 0.15) is 37.5 Å². The first kappa shape index (κ1) is 23.2. The molecule has 1 atom stereocenters. The predicted octanol–water partition coefficient (Wildman–Crippen LogP) is 2.53. The minimum atomic E-state index is -0.927. The molecule has 2 rings (SSSR count). The van der Waals surface area contributed by atoms with Crippen LogP contribution in [0.5, 0.6) is 5.75 Å². The monoisotopic (exact) mass is 415 g/mol. The van der Waals surface area contributed by atoms with Gasteiger partial charge in [-0.3, -0.25) is 9.63 Å². The number of aromatic hydroxyl groups is 1. The van der Waals surface area contributed by atoms with E-state index in [1.165, 1.54) is 12.1 Å². The van der Waals surface area contributed by atoms with Crippen LogP contribution >= 0.6 is 0 Å². The summed E-state index contributed by atoms with van der Waals surface area (Å²) < 4.78 is 5.25. The molecule has 8 nitrogen and oxygen atoms in total. The van der Waals surface area contributed by atoms with Gasteiger partial charge >= 0.3 is 6.09 Å². The highest BCUT2D eigenvalue weighted by Gasteiger charge is 2.25. The number of benzene rings is 2. The van der Waals surface area contributed by atoms with Crippen LogP contribution in [0.4, 0.5) is 4.79 Å². The van der Waals surface area contributed by atoms with Crippen LogP contribution in [-0.2, 0) is 33.9 Å². The van der Waals surface area contributed by atoms with Gasteiger partial charge in [0.2, 0.25) is 0 Å². The fourth-order valence-electron chi connectivity index (χ4n) is 2.56. The maximum absolute atomic E-state index is 12.6. The summed E-state index contributed by atoms with van der Waals surface area (Å²) in [5, 5.41) is 12.0. The molecule has 8 heteroatoms. The molecular formula is C22H29N3O5. The molecule has 0 aromatic heterocycles. The van der Waals surface area contributed by atoms with Crippen molar-refractivity contribution in [2.45, 2.75) is 52.0 Å². The molecule has 0 unspecified atom stereocenters. The summed E-state index contributed by atoms with van der Waals surface area (Å²) in [4.78, 5) is 30.1. The molecular weight excluding hydrogens is 386 g/mol. The van der Waals surface area contributed by atoms with Crippen molar-refractivity contribution < 1.29 is 24.3 Å². The van der Waals surface area contributed by atoms with E-state index in [-0.39, 0.29) is 18.8 Å². The van der Waals surface area contributed by atoms with Crippen molar-refractivity contribution in [2.24, 2.45) is 5.73 Å². The Balaban J connectivity index is 1.98. The number of hydrogen-bond donors (Lipinski definition) is 4. The molecule has 0 radical (unpaired) electrons. The smallest absolute Gasteiger partial charge is 0.408 e. The van der Waals surface area contributed by atoms with Gasteiger partial charge in [0.15, 0.2) is 0 Å². The summed E-state index contributed by atoms with van der Waals surface area (Å²) >= 11 is 0. The Morgan fingerprint density at radius 2 is 1.57 bits per heavy atom. The third kappa shape index (κ3) is 8.10. The zero-order chi connectivity index (χ0) is 22.1. The van der Waals surface area contributed by atoms with E-state index in [1.807, 2.05) is 24.3 Å². The van der Waals surface area contributed by atoms with E-state index in [9.17, 15) is 14.7 Å². The maximum atomic E-state index is 12.6. The minimum Gasteiger partial charge on any atom is -0.508 e. The molecule has 162 valence electrons. The first-order chi connectivity index (χ1) is 14.2. The summed E-state index contributed by atoms with van der Waals surface area (Å²) in [6.45, 7) is 5.82. The first-order valence-electron chi connectivity index (χ1n) is 9.63. The molecule has 30 heavy (non-hydrogen) atoms.